The van der Waals surface area contributed by atoms with E-state index >= 15 is 0 Å². The number of aliphatic carboxylic acids is 1. The fourth-order valence-electron chi connectivity index (χ4n) is 3.45. The summed E-state index contributed by atoms with van der Waals surface area (Å²) in [6, 6.07) is 1.72. The summed E-state index contributed by atoms with van der Waals surface area (Å²) >= 11 is 0. The minimum Gasteiger partial charge on any atom is -0.507 e. The van der Waals surface area contributed by atoms with Crippen LogP contribution in [0.5, 0.6) is 5.75 Å². The Morgan fingerprint density at radius 3 is 2.86 bits per heavy atom. The first-order chi connectivity index (χ1) is 10.4. The largest absolute Gasteiger partial charge is 0.507 e. The third-order valence-electron chi connectivity index (χ3n) is 4.39. The van der Waals surface area contributed by atoms with Gasteiger partial charge in [-0.15, -0.1) is 0 Å². The highest BCUT2D eigenvalue weighted by atomic mass is 16.5. The highest BCUT2D eigenvalue weighted by molar-refractivity contribution is 6.01. The second-order valence-electron chi connectivity index (χ2n) is 5.94. The molecule has 1 aromatic carbocycles. The van der Waals surface area contributed by atoms with Crippen molar-refractivity contribution in [2.45, 2.75) is 50.9 Å². The monoisotopic (exact) mass is 306 g/mol. The zero-order valence-electron chi connectivity index (χ0n) is 12.2. The van der Waals surface area contributed by atoms with Crippen LogP contribution in [0.4, 0.5) is 0 Å². The summed E-state index contributed by atoms with van der Waals surface area (Å²) in [5.41, 5.74) is 1.90. The first kappa shape index (κ1) is 15.0. The summed E-state index contributed by atoms with van der Waals surface area (Å²) in [5, 5.41) is 29.5. The van der Waals surface area contributed by atoms with Gasteiger partial charge in [0.2, 0.25) is 0 Å². The van der Waals surface area contributed by atoms with Crippen LogP contribution in [0.3, 0.4) is 0 Å². The van der Waals surface area contributed by atoms with Crippen molar-refractivity contribution in [1.29, 1.82) is 0 Å². The number of phenolic OH excluding ortho intramolecular Hbond substituents is 1. The molecule has 0 unspecified atom stereocenters. The summed E-state index contributed by atoms with van der Waals surface area (Å²) < 4.78 is 5.64. The number of aliphatic hydroxyl groups excluding tert-OH is 1. The summed E-state index contributed by atoms with van der Waals surface area (Å²) in [4.78, 5) is 22.9. The molecule has 3 N–H and O–H groups in total. The molecule has 0 fully saturated rings. The van der Waals surface area contributed by atoms with Crippen LogP contribution in [-0.2, 0) is 16.0 Å². The molecule has 0 bridgehead atoms. The molecule has 3 rings (SSSR count). The normalized spacial score (nSPS) is 27.2. The smallest absolute Gasteiger partial charge is 0.305 e. The zero-order chi connectivity index (χ0) is 16.0. The third-order valence-corrected chi connectivity index (χ3v) is 4.39. The van der Waals surface area contributed by atoms with Crippen molar-refractivity contribution < 1.29 is 29.6 Å². The molecule has 118 valence electrons. The first-order valence-electron chi connectivity index (χ1n) is 7.35. The Bertz CT molecular complexity index is 651. The van der Waals surface area contributed by atoms with E-state index in [9.17, 15) is 19.8 Å². The van der Waals surface area contributed by atoms with Crippen molar-refractivity contribution in [2.24, 2.45) is 0 Å². The molecule has 6 nitrogen and oxygen atoms in total. The topological polar surface area (TPSA) is 104 Å². The molecular formula is C16H18O6. The number of fused-ring (bicyclic) bond motifs is 2. The van der Waals surface area contributed by atoms with E-state index in [2.05, 4.69) is 0 Å². The standard InChI is InChI=1S/C16H18O6/c1-7-14-8(4-9(22-7)6-13(19)20)5-10-11(17)2-3-12(18)15(10)16(14)21/h5,7,9,11,17,21H,2-4,6H2,1H3,(H,19,20)/t7-,9-,11-/m1/s1. The minimum atomic E-state index is -0.946. The SMILES string of the molecule is C[C@H]1O[C@@H](CC(=O)O)Cc2cc3c(c(O)c21)C(=O)CC[C@H]3O. The predicted molar refractivity (Wildman–Crippen MR) is 75.9 cm³/mol. The van der Waals surface area contributed by atoms with Gasteiger partial charge in [-0.25, -0.2) is 0 Å². The average Bonchev–Trinajstić information content (AvgIpc) is 2.41. The lowest BCUT2D eigenvalue weighted by Gasteiger charge is -2.33. The second-order valence-corrected chi connectivity index (χ2v) is 5.94. The number of phenols is 1. The molecule has 1 aliphatic carbocycles. The van der Waals surface area contributed by atoms with Gasteiger partial charge in [-0.05, 0) is 30.9 Å². The van der Waals surface area contributed by atoms with Crippen molar-refractivity contribution in [3.05, 3.63) is 28.3 Å². The third kappa shape index (κ3) is 2.38. The number of carbonyl (C=O) groups excluding carboxylic acids is 1. The Morgan fingerprint density at radius 1 is 1.45 bits per heavy atom. The molecule has 1 aromatic rings. The molecular weight excluding hydrogens is 288 g/mol. The highest BCUT2D eigenvalue weighted by Crippen LogP contribution is 2.44. The molecule has 0 radical (unpaired) electrons. The lowest BCUT2D eigenvalue weighted by molar-refractivity contribution is -0.141. The van der Waals surface area contributed by atoms with E-state index in [-0.39, 0.29) is 29.9 Å². The number of ketones is 1. The molecule has 0 aromatic heterocycles. The van der Waals surface area contributed by atoms with E-state index in [1.54, 1.807) is 13.0 Å². The quantitative estimate of drug-likeness (QED) is 0.770. The molecule has 0 spiro atoms. The predicted octanol–water partition coefficient (Wildman–Crippen LogP) is 1.88. The molecule has 22 heavy (non-hydrogen) atoms. The van der Waals surface area contributed by atoms with Crippen molar-refractivity contribution in [2.75, 3.05) is 0 Å². The molecule has 3 atom stereocenters. The number of ether oxygens (including phenoxy) is 1. The number of hydrogen-bond donors (Lipinski definition) is 3. The number of carbonyl (C=O) groups is 2. The summed E-state index contributed by atoms with van der Waals surface area (Å²) in [6.07, 6.45) is -0.984. The van der Waals surface area contributed by atoms with Gasteiger partial charge in [0.1, 0.15) is 5.75 Å². The van der Waals surface area contributed by atoms with Crippen LogP contribution in [0, 0.1) is 0 Å². The van der Waals surface area contributed by atoms with Crippen molar-refractivity contribution in [3.63, 3.8) is 0 Å². The van der Waals surface area contributed by atoms with Gasteiger partial charge in [0.05, 0.1) is 30.3 Å². The zero-order valence-corrected chi connectivity index (χ0v) is 12.2. The van der Waals surface area contributed by atoms with Gasteiger partial charge in [-0.1, -0.05) is 6.07 Å². The summed E-state index contributed by atoms with van der Waals surface area (Å²) in [6.45, 7) is 1.72. The average molecular weight is 306 g/mol. The van der Waals surface area contributed by atoms with Crippen molar-refractivity contribution in [3.8, 4) is 5.75 Å². The number of aromatic hydroxyl groups is 1. The number of rotatable bonds is 2. The van der Waals surface area contributed by atoms with Gasteiger partial charge in [-0.2, -0.15) is 0 Å². The van der Waals surface area contributed by atoms with E-state index in [1.165, 1.54) is 0 Å². The Hall–Kier alpha value is -1.92. The Kier molecular flexibility index (Phi) is 3.66. The molecule has 2 aliphatic rings. The van der Waals surface area contributed by atoms with E-state index in [0.29, 0.717) is 24.0 Å². The van der Waals surface area contributed by atoms with Gasteiger partial charge >= 0.3 is 5.97 Å². The number of hydrogen-bond acceptors (Lipinski definition) is 5. The van der Waals surface area contributed by atoms with E-state index in [4.69, 9.17) is 9.84 Å². The van der Waals surface area contributed by atoms with Crippen molar-refractivity contribution >= 4 is 11.8 Å². The van der Waals surface area contributed by atoms with E-state index in [0.717, 1.165) is 5.56 Å². The van der Waals surface area contributed by atoms with Gasteiger partial charge in [0, 0.05) is 12.0 Å². The number of Topliss-reactive ketones (excluding diaryl/α,β-unsaturated/α-hetero) is 1. The fraction of sp³-hybridized carbons (Fsp3) is 0.500. The maximum Gasteiger partial charge on any atom is 0.305 e. The first-order valence-corrected chi connectivity index (χ1v) is 7.35. The lowest BCUT2D eigenvalue weighted by atomic mass is 9.81. The van der Waals surface area contributed by atoms with Gasteiger partial charge in [-0.3, -0.25) is 9.59 Å². The molecule has 0 amide bonds. The number of carboxylic acid groups (broad SMARTS) is 1. The van der Waals surface area contributed by atoms with Crippen LogP contribution in [0.15, 0.2) is 6.07 Å². The van der Waals surface area contributed by atoms with E-state index in [1.807, 2.05) is 0 Å². The van der Waals surface area contributed by atoms with E-state index < -0.39 is 24.3 Å². The highest BCUT2D eigenvalue weighted by Gasteiger charge is 2.35. The number of carboxylic acids is 1. The maximum absolute atomic E-state index is 12.1. The maximum atomic E-state index is 12.1. The molecule has 0 saturated carbocycles. The number of aliphatic hydroxyl groups is 1. The summed E-state index contributed by atoms with van der Waals surface area (Å²) in [5.74, 6) is -1.25. The molecule has 1 aliphatic heterocycles. The Balaban J connectivity index is 2.08. The van der Waals surface area contributed by atoms with Gasteiger partial charge in [0.15, 0.2) is 5.78 Å². The van der Waals surface area contributed by atoms with Gasteiger partial charge in [0.25, 0.3) is 0 Å². The molecule has 6 heteroatoms. The fourth-order valence-corrected chi connectivity index (χ4v) is 3.45. The van der Waals surface area contributed by atoms with Crippen molar-refractivity contribution in [1.82, 2.24) is 0 Å². The van der Waals surface area contributed by atoms with Crippen LogP contribution < -0.4 is 0 Å². The molecule has 0 saturated heterocycles. The Labute approximate surface area is 127 Å². The van der Waals surface area contributed by atoms with Crippen LogP contribution in [0.2, 0.25) is 0 Å². The second kappa shape index (κ2) is 5.37. The minimum absolute atomic E-state index is 0.122. The number of benzene rings is 1. The molecule has 1 heterocycles. The van der Waals surface area contributed by atoms with Crippen LogP contribution >= 0.6 is 0 Å². The summed E-state index contributed by atoms with van der Waals surface area (Å²) in [7, 11) is 0. The Morgan fingerprint density at radius 2 is 2.18 bits per heavy atom. The van der Waals surface area contributed by atoms with Crippen LogP contribution in [-0.4, -0.2) is 33.2 Å². The lowest BCUT2D eigenvalue weighted by Crippen LogP contribution is -2.29. The van der Waals surface area contributed by atoms with Crippen LogP contribution in [0.1, 0.15) is 65.4 Å². The van der Waals surface area contributed by atoms with Crippen LogP contribution in [0.25, 0.3) is 0 Å². The van der Waals surface area contributed by atoms with Gasteiger partial charge < -0.3 is 20.1 Å².